The molecule has 1 unspecified atom stereocenters. The van der Waals surface area contributed by atoms with Crippen LogP contribution in [0.3, 0.4) is 0 Å². The van der Waals surface area contributed by atoms with Gasteiger partial charge >= 0.3 is 0 Å². The summed E-state index contributed by atoms with van der Waals surface area (Å²) in [5, 5.41) is 29.7. The van der Waals surface area contributed by atoms with Crippen LogP contribution in [-0.4, -0.2) is 20.9 Å². The highest BCUT2D eigenvalue weighted by molar-refractivity contribution is 5.66. The molecule has 4 heteroatoms. The molecule has 4 nitrogen and oxygen atoms in total. The van der Waals surface area contributed by atoms with Gasteiger partial charge in [0, 0.05) is 0 Å². The molecule has 0 aliphatic heterocycles. The second-order valence-corrected chi connectivity index (χ2v) is 8.66. The molecule has 2 rings (SSSR count). The lowest BCUT2D eigenvalue weighted by atomic mass is 9.81. The minimum absolute atomic E-state index is 0.0852. The minimum atomic E-state index is -0.613. The Hall–Kier alpha value is -2.14. The van der Waals surface area contributed by atoms with Crippen LogP contribution in [0, 0.1) is 5.92 Å². The van der Waals surface area contributed by atoms with E-state index >= 15 is 0 Å². The van der Waals surface area contributed by atoms with Gasteiger partial charge in [-0.15, -0.1) is 0 Å². The minimum Gasteiger partial charge on any atom is -0.489 e. The topological polar surface area (TPSA) is 69.9 Å². The second kappa shape index (κ2) is 12.8. The molecule has 0 aliphatic rings. The van der Waals surface area contributed by atoms with Crippen LogP contribution >= 0.6 is 0 Å². The number of allylic oxidation sites excluding steroid dienone is 2. The number of hydrogen-bond donors (Lipinski definition) is 3. The Balaban J connectivity index is 2.14. The average Bonchev–Trinajstić information content (AvgIpc) is 2.84. The first-order valence-corrected chi connectivity index (χ1v) is 11.9. The average molecular weight is 441 g/mol. The maximum absolute atomic E-state index is 10.8. The van der Waals surface area contributed by atoms with Crippen molar-refractivity contribution in [3.8, 4) is 5.75 Å². The van der Waals surface area contributed by atoms with Gasteiger partial charge in [0.15, 0.2) is 0 Å². The van der Waals surface area contributed by atoms with Crippen LogP contribution in [0.1, 0.15) is 82.1 Å². The Morgan fingerprint density at radius 1 is 1.00 bits per heavy atom. The molecule has 0 aliphatic carbocycles. The normalized spacial score (nSPS) is 13.3. The lowest BCUT2D eigenvalue weighted by molar-refractivity contribution is -0.0178. The van der Waals surface area contributed by atoms with E-state index in [0.29, 0.717) is 6.61 Å². The first-order valence-electron chi connectivity index (χ1n) is 11.9. The van der Waals surface area contributed by atoms with Crippen LogP contribution in [0.4, 0.5) is 0 Å². The van der Waals surface area contributed by atoms with Crippen molar-refractivity contribution < 1.29 is 20.1 Å². The molecule has 0 spiro atoms. The standard InChI is InChI=1S/C28H40O4/c1-5-9-23(14-12-21(4)28(31,6-2)7-3)24-10-8-11-27(17-24)32-20-22-13-15-25(18-29)26(16-22)19-30/h8,10-11,13-17,21,29-31H,5-7,9,12,18-20H2,1-4H3/b23-14-. The van der Waals surface area contributed by atoms with Gasteiger partial charge in [-0.3, -0.25) is 0 Å². The summed E-state index contributed by atoms with van der Waals surface area (Å²) < 4.78 is 6.04. The Labute approximate surface area is 193 Å². The van der Waals surface area contributed by atoms with Crippen molar-refractivity contribution in [3.05, 3.63) is 70.8 Å². The molecule has 0 saturated carbocycles. The van der Waals surface area contributed by atoms with Gasteiger partial charge in [0.05, 0.1) is 18.8 Å². The van der Waals surface area contributed by atoms with Crippen molar-refractivity contribution in [2.24, 2.45) is 5.92 Å². The van der Waals surface area contributed by atoms with Gasteiger partial charge in [-0.2, -0.15) is 0 Å². The fraction of sp³-hybridized carbons (Fsp3) is 0.500. The summed E-state index contributed by atoms with van der Waals surface area (Å²) in [5.41, 5.74) is 4.24. The predicted octanol–water partition coefficient (Wildman–Crippen LogP) is 6.01. The van der Waals surface area contributed by atoms with Crippen LogP contribution in [0.5, 0.6) is 5.75 Å². The fourth-order valence-electron chi connectivity index (χ4n) is 4.14. The van der Waals surface area contributed by atoms with Crippen molar-refractivity contribution in [2.75, 3.05) is 0 Å². The Bertz CT molecular complexity index is 867. The van der Waals surface area contributed by atoms with E-state index in [4.69, 9.17) is 4.74 Å². The van der Waals surface area contributed by atoms with Crippen LogP contribution < -0.4 is 4.74 Å². The molecule has 0 bridgehead atoms. The van der Waals surface area contributed by atoms with Gasteiger partial charge in [0.25, 0.3) is 0 Å². The summed E-state index contributed by atoms with van der Waals surface area (Å²) >= 11 is 0. The predicted molar refractivity (Wildman–Crippen MR) is 131 cm³/mol. The molecule has 0 heterocycles. The van der Waals surface area contributed by atoms with E-state index in [1.807, 2.05) is 30.3 Å². The Morgan fingerprint density at radius 2 is 1.72 bits per heavy atom. The highest BCUT2D eigenvalue weighted by atomic mass is 16.5. The first-order chi connectivity index (χ1) is 15.4. The zero-order valence-electron chi connectivity index (χ0n) is 20.1. The van der Waals surface area contributed by atoms with Gasteiger partial charge < -0.3 is 20.1 Å². The molecule has 32 heavy (non-hydrogen) atoms. The van der Waals surface area contributed by atoms with Gasteiger partial charge in [-0.25, -0.2) is 0 Å². The summed E-state index contributed by atoms with van der Waals surface area (Å²) in [6.45, 7) is 8.63. The van der Waals surface area contributed by atoms with Gasteiger partial charge in [0.2, 0.25) is 0 Å². The maximum Gasteiger partial charge on any atom is 0.120 e. The quantitative estimate of drug-likeness (QED) is 0.357. The monoisotopic (exact) mass is 440 g/mol. The summed E-state index contributed by atoms with van der Waals surface area (Å²) in [6, 6.07) is 13.8. The van der Waals surface area contributed by atoms with Crippen molar-refractivity contribution in [2.45, 2.75) is 85.2 Å². The summed E-state index contributed by atoms with van der Waals surface area (Å²) in [6.07, 6.45) is 6.70. The van der Waals surface area contributed by atoms with Gasteiger partial charge in [-0.05, 0) is 77.6 Å². The Kier molecular flexibility index (Phi) is 10.4. The molecular formula is C28H40O4. The summed E-state index contributed by atoms with van der Waals surface area (Å²) in [7, 11) is 0. The molecule has 176 valence electrons. The molecular weight excluding hydrogens is 400 g/mol. The van der Waals surface area contributed by atoms with E-state index in [1.54, 1.807) is 0 Å². The lowest BCUT2D eigenvalue weighted by Gasteiger charge is -2.32. The number of ether oxygens (including phenoxy) is 1. The third-order valence-electron chi connectivity index (χ3n) is 6.60. The van der Waals surface area contributed by atoms with E-state index in [2.05, 4.69) is 45.9 Å². The van der Waals surface area contributed by atoms with Gasteiger partial charge in [-0.1, -0.05) is 64.5 Å². The van der Waals surface area contributed by atoms with Crippen LogP contribution in [0.15, 0.2) is 48.5 Å². The summed E-state index contributed by atoms with van der Waals surface area (Å²) in [4.78, 5) is 0. The fourth-order valence-corrected chi connectivity index (χ4v) is 4.14. The number of rotatable bonds is 13. The molecule has 1 atom stereocenters. The zero-order valence-corrected chi connectivity index (χ0v) is 20.1. The highest BCUT2D eigenvalue weighted by Gasteiger charge is 2.28. The van der Waals surface area contributed by atoms with Gasteiger partial charge in [0.1, 0.15) is 12.4 Å². The van der Waals surface area contributed by atoms with Crippen molar-refractivity contribution in [1.29, 1.82) is 0 Å². The number of aliphatic hydroxyl groups excluding tert-OH is 2. The lowest BCUT2D eigenvalue weighted by Crippen LogP contribution is -2.34. The smallest absolute Gasteiger partial charge is 0.120 e. The molecule has 2 aromatic rings. The largest absolute Gasteiger partial charge is 0.489 e. The van der Waals surface area contributed by atoms with E-state index in [0.717, 1.165) is 60.1 Å². The number of aliphatic hydroxyl groups is 3. The molecule has 3 N–H and O–H groups in total. The van der Waals surface area contributed by atoms with E-state index in [9.17, 15) is 15.3 Å². The van der Waals surface area contributed by atoms with Crippen LogP contribution in [0.25, 0.3) is 5.57 Å². The number of benzene rings is 2. The second-order valence-electron chi connectivity index (χ2n) is 8.66. The zero-order chi connectivity index (χ0) is 23.6. The maximum atomic E-state index is 10.8. The summed E-state index contributed by atoms with van der Waals surface area (Å²) in [5.74, 6) is 0.999. The van der Waals surface area contributed by atoms with E-state index in [1.165, 1.54) is 5.57 Å². The molecule has 0 saturated heterocycles. The van der Waals surface area contributed by atoms with Crippen LogP contribution in [-0.2, 0) is 19.8 Å². The van der Waals surface area contributed by atoms with E-state index in [-0.39, 0.29) is 19.1 Å². The Morgan fingerprint density at radius 3 is 2.34 bits per heavy atom. The molecule has 2 aromatic carbocycles. The molecule has 0 fully saturated rings. The third kappa shape index (κ3) is 6.93. The van der Waals surface area contributed by atoms with Crippen LogP contribution in [0.2, 0.25) is 0 Å². The molecule has 0 amide bonds. The SMILES string of the molecule is CCC/C(=C/CC(C)C(O)(CC)CC)c1cccc(OCc2ccc(CO)c(CO)c2)c1. The van der Waals surface area contributed by atoms with Crippen molar-refractivity contribution in [3.63, 3.8) is 0 Å². The third-order valence-corrected chi connectivity index (χ3v) is 6.60. The van der Waals surface area contributed by atoms with E-state index < -0.39 is 5.60 Å². The highest BCUT2D eigenvalue weighted by Crippen LogP contribution is 2.31. The molecule has 0 aromatic heterocycles. The number of hydrogen-bond acceptors (Lipinski definition) is 4. The van der Waals surface area contributed by atoms with Crippen molar-refractivity contribution in [1.82, 2.24) is 0 Å². The molecule has 0 radical (unpaired) electrons. The van der Waals surface area contributed by atoms with Crippen molar-refractivity contribution >= 4 is 5.57 Å². The first kappa shape index (κ1) is 26.1.